The van der Waals surface area contributed by atoms with Crippen LogP contribution < -0.4 is 5.32 Å². The van der Waals surface area contributed by atoms with E-state index in [2.05, 4.69) is 10.3 Å². The molecule has 0 fully saturated rings. The SMILES string of the molecule is Cc1cccc2cc(C#N)c(NCC(=O)O)nc12. The van der Waals surface area contributed by atoms with Gasteiger partial charge in [-0.2, -0.15) is 5.26 Å². The Morgan fingerprint density at radius 1 is 1.56 bits per heavy atom. The van der Waals surface area contributed by atoms with Gasteiger partial charge in [0.05, 0.1) is 11.1 Å². The fourth-order valence-electron chi connectivity index (χ4n) is 1.73. The smallest absolute Gasteiger partial charge is 0.322 e. The van der Waals surface area contributed by atoms with Crippen LogP contribution in [0.1, 0.15) is 11.1 Å². The zero-order valence-electron chi connectivity index (χ0n) is 9.77. The van der Waals surface area contributed by atoms with Gasteiger partial charge in [-0.05, 0) is 18.6 Å². The van der Waals surface area contributed by atoms with Crippen LogP contribution in [0.3, 0.4) is 0 Å². The Balaban J connectivity index is 2.54. The zero-order chi connectivity index (χ0) is 13.1. The number of aromatic nitrogens is 1. The maximum absolute atomic E-state index is 10.5. The molecular weight excluding hydrogens is 230 g/mol. The van der Waals surface area contributed by atoms with Crippen molar-refractivity contribution in [2.75, 3.05) is 11.9 Å². The monoisotopic (exact) mass is 241 g/mol. The van der Waals surface area contributed by atoms with Gasteiger partial charge in [0, 0.05) is 5.39 Å². The molecule has 2 aromatic rings. The highest BCUT2D eigenvalue weighted by atomic mass is 16.4. The van der Waals surface area contributed by atoms with Crippen molar-refractivity contribution in [3.05, 3.63) is 35.4 Å². The maximum Gasteiger partial charge on any atom is 0.322 e. The summed E-state index contributed by atoms with van der Waals surface area (Å²) >= 11 is 0. The van der Waals surface area contributed by atoms with Crippen LogP contribution in [0.25, 0.3) is 10.9 Å². The zero-order valence-corrected chi connectivity index (χ0v) is 9.77. The Morgan fingerprint density at radius 2 is 2.33 bits per heavy atom. The van der Waals surface area contributed by atoms with Gasteiger partial charge in [-0.25, -0.2) is 4.98 Å². The van der Waals surface area contributed by atoms with Gasteiger partial charge in [-0.1, -0.05) is 18.2 Å². The second-order valence-corrected chi connectivity index (χ2v) is 3.89. The molecule has 5 nitrogen and oxygen atoms in total. The van der Waals surface area contributed by atoms with Gasteiger partial charge in [-0.15, -0.1) is 0 Å². The minimum Gasteiger partial charge on any atom is -0.480 e. The normalized spacial score (nSPS) is 10.0. The number of hydrogen-bond donors (Lipinski definition) is 2. The molecule has 0 radical (unpaired) electrons. The van der Waals surface area contributed by atoms with Crippen LogP contribution in [0.2, 0.25) is 0 Å². The van der Waals surface area contributed by atoms with E-state index in [9.17, 15) is 4.79 Å². The second kappa shape index (κ2) is 4.72. The van der Waals surface area contributed by atoms with Crippen LogP contribution in [0.5, 0.6) is 0 Å². The third-order valence-corrected chi connectivity index (χ3v) is 2.58. The summed E-state index contributed by atoms with van der Waals surface area (Å²) in [5, 5.41) is 21.2. The maximum atomic E-state index is 10.5. The number of hydrogen-bond acceptors (Lipinski definition) is 4. The van der Waals surface area contributed by atoms with Crippen LogP contribution in [0.4, 0.5) is 5.82 Å². The van der Waals surface area contributed by atoms with Gasteiger partial charge in [0.15, 0.2) is 0 Å². The first kappa shape index (κ1) is 11.9. The summed E-state index contributed by atoms with van der Waals surface area (Å²) in [6.07, 6.45) is 0. The highest BCUT2D eigenvalue weighted by Crippen LogP contribution is 2.22. The molecule has 0 aliphatic rings. The van der Waals surface area contributed by atoms with Gasteiger partial charge in [0.2, 0.25) is 0 Å². The number of carbonyl (C=O) groups is 1. The van der Waals surface area contributed by atoms with E-state index in [1.165, 1.54) is 0 Å². The van der Waals surface area contributed by atoms with E-state index in [0.29, 0.717) is 11.4 Å². The molecule has 1 aromatic heterocycles. The highest BCUT2D eigenvalue weighted by Gasteiger charge is 2.08. The third kappa shape index (κ3) is 2.23. The van der Waals surface area contributed by atoms with Crippen molar-refractivity contribution in [3.63, 3.8) is 0 Å². The lowest BCUT2D eigenvalue weighted by Crippen LogP contribution is -2.14. The minimum atomic E-state index is -0.995. The summed E-state index contributed by atoms with van der Waals surface area (Å²) in [6, 6.07) is 9.41. The Labute approximate surface area is 104 Å². The standard InChI is InChI=1S/C13H11N3O2/c1-8-3-2-4-9-5-10(6-14)13(16-12(8)9)15-7-11(17)18/h2-5H,7H2,1H3,(H,15,16)(H,17,18). The van der Waals surface area contributed by atoms with Gasteiger partial charge in [-0.3, -0.25) is 4.79 Å². The molecule has 0 atom stereocenters. The summed E-state index contributed by atoms with van der Waals surface area (Å²) < 4.78 is 0. The summed E-state index contributed by atoms with van der Waals surface area (Å²) in [7, 11) is 0. The van der Waals surface area contributed by atoms with Crippen molar-refractivity contribution in [2.24, 2.45) is 0 Å². The quantitative estimate of drug-likeness (QED) is 0.857. The number of carboxylic acids is 1. The Morgan fingerprint density at radius 3 is 3.00 bits per heavy atom. The molecule has 0 saturated heterocycles. The molecule has 2 N–H and O–H groups in total. The third-order valence-electron chi connectivity index (χ3n) is 2.58. The van der Waals surface area contributed by atoms with Crippen molar-refractivity contribution in [3.8, 4) is 6.07 Å². The lowest BCUT2D eigenvalue weighted by Gasteiger charge is -2.08. The fraction of sp³-hybridized carbons (Fsp3) is 0.154. The first-order valence-electron chi connectivity index (χ1n) is 5.38. The molecule has 0 saturated carbocycles. The molecular formula is C13H11N3O2. The predicted octanol–water partition coefficient (Wildman–Crippen LogP) is 1.91. The Kier molecular flexibility index (Phi) is 3.11. The lowest BCUT2D eigenvalue weighted by molar-refractivity contribution is -0.134. The molecule has 2 rings (SSSR count). The minimum absolute atomic E-state index is 0.265. The van der Waals surface area contributed by atoms with Crippen molar-refractivity contribution >= 4 is 22.7 Å². The molecule has 5 heteroatoms. The van der Waals surface area contributed by atoms with Crippen LogP contribution in [0, 0.1) is 18.3 Å². The molecule has 18 heavy (non-hydrogen) atoms. The number of carboxylic acid groups (broad SMARTS) is 1. The topological polar surface area (TPSA) is 86.0 Å². The molecule has 0 bridgehead atoms. The second-order valence-electron chi connectivity index (χ2n) is 3.89. The summed E-state index contributed by atoms with van der Waals surface area (Å²) in [4.78, 5) is 14.9. The van der Waals surface area contributed by atoms with E-state index in [1.54, 1.807) is 6.07 Å². The summed E-state index contributed by atoms with van der Waals surface area (Å²) in [6.45, 7) is 1.65. The van der Waals surface area contributed by atoms with E-state index < -0.39 is 5.97 Å². The number of nitrogens with one attached hydrogen (secondary N) is 1. The van der Waals surface area contributed by atoms with Crippen LogP contribution in [0.15, 0.2) is 24.3 Å². The van der Waals surface area contributed by atoms with Crippen molar-refractivity contribution in [1.82, 2.24) is 4.98 Å². The van der Waals surface area contributed by atoms with Gasteiger partial charge in [0.25, 0.3) is 0 Å². The summed E-state index contributed by atoms with van der Waals surface area (Å²) in [5.41, 5.74) is 2.09. The lowest BCUT2D eigenvalue weighted by atomic mass is 10.1. The number of benzene rings is 1. The average Bonchev–Trinajstić information content (AvgIpc) is 2.36. The number of para-hydroxylation sites is 1. The highest BCUT2D eigenvalue weighted by molar-refractivity contribution is 5.86. The van der Waals surface area contributed by atoms with E-state index in [1.807, 2.05) is 31.2 Å². The number of aryl methyl sites for hydroxylation is 1. The van der Waals surface area contributed by atoms with E-state index in [4.69, 9.17) is 10.4 Å². The molecule has 1 heterocycles. The van der Waals surface area contributed by atoms with E-state index >= 15 is 0 Å². The largest absolute Gasteiger partial charge is 0.480 e. The number of pyridine rings is 1. The first-order valence-corrected chi connectivity index (χ1v) is 5.38. The van der Waals surface area contributed by atoms with Crippen LogP contribution in [-0.4, -0.2) is 22.6 Å². The van der Waals surface area contributed by atoms with Crippen molar-refractivity contribution in [1.29, 1.82) is 5.26 Å². The molecule has 0 unspecified atom stereocenters. The number of rotatable bonds is 3. The molecule has 0 amide bonds. The number of fused-ring (bicyclic) bond motifs is 1. The number of aliphatic carboxylic acids is 1. The van der Waals surface area contributed by atoms with Gasteiger partial charge in [0.1, 0.15) is 18.4 Å². The average molecular weight is 241 g/mol. The molecule has 1 aromatic carbocycles. The molecule has 0 aliphatic carbocycles. The molecule has 0 aliphatic heterocycles. The predicted molar refractivity (Wildman–Crippen MR) is 67.3 cm³/mol. The van der Waals surface area contributed by atoms with Crippen molar-refractivity contribution in [2.45, 2.75) is 6.92 Å². The van der Waals surface area contributed by atoms with Crippen molar-refractivity contribution < 1.29 is 9.90 Å². The summed E-state index contributed by atoms with van der Waals surface area (Å²) in [5.74, 6) is -0.688. The fourth-order valence-corrected chi connectivity index (χ4v) is 1.73. The van der Waals surface area contributed by atoms with Gasteiger partial charge < -0.3 is 10.4 Å². The molecule has 0 spiro atoms. The Bertz CT molecular complexity index is 659. The van der Waals surface area contributed by atoms with Crippen LogP contribution in [-0.2, 0) is 4.79 Å². The van der Waals surface area contributed by atoms with Gasteiger partial charge >= 0.3 is 5.97 Å². The van der Waals surface area contributed by atoms with E-state index in [-0.39, 0.29) is 6.54 Å². The number of anilines is 1. The number of nitrogens with zero attached hydrogens (tertiary/aromatic N) is 2. The number of nitriles is 1. The molecule has 90 valence electrons. The Hall–Kier alpha value is -2.61. The van der Waals surface area contributed by atoms with E-state index in [0.717, 1.165) is 16.5 Å². The first-order chi connectivity index (χ1) is 8.61. The van der Waals surface area contributed by atoms with Crippen LogP contribution >= 0.6 is 0 Å².